The minimum atomic E-state index is -0.623. The zero-order valence-corrected chi connectivity index (χ0v) is 22.9. The van der Waals surface area contributed by atoms with Gasteiger partial charge in [0.2, 0.25) is 12.2 Å². The number of amides is 1. The second kappa shape index (κ2) is 13.1. The second-order valence-electron chi connectivity index (χ2n) is 10.7. The van der Waals surface area contributed by atoms with Crippen LogP contribution in [0.3, 0.4) is 0 Å². The molecule has 0 radical (unpaired) electrons. The van der Waals surface area contributed by atoms with E-state index in [0.29, 0.717) is 24.8 Å². The molecule has 39 heavy (non-hydrogen) atoms. The first-order valence-electron chi connectivity index (χ1n) is 14.4. The molecule has 3 aliphatic rings. The fourth-order valence-electron chi connectivity index (χ4n) is 6.17. The topological polar surface area (TPSA) is 93.5 Å². The lowest BCUT2D eigenvalue weighted by Gasteiger charge is -2.40. The van der Waals surface area contributed by atoms with E-state index < -0.39 is 6.29 Å². The van der Waals surface area contributed by atoms with Crippen molar-refractivity contribution in [3.05, 3.63) is 47.9 Å². The van der Waals surface area contributed by atoms with Crippen LogP contribution in [0, 0.1) is 0 Å². The SMILES string of the molecule is CC(=O)n1cc([C@H]2C=C(C(=O)N3CCC(N4CCCCC4)CC3)O[C@@H](OCCOCCO)C2)c2ccccc21. The highest BCUT2D eigenvalue weighted by atomic mass is 16.7. The molecule has 2 saturated heterocycles. The van der Waals surface area contributed by atoms with E-state index in [2.05, 4.69) is 4.90 Å². The lowest BCUT2D eigenvalue weighted by molar-refractivity contribution is -0.157. The van der Waals surface area contributed by atoms with Crippen molar-refractivity contribution in [2.45, 2.75) is 63.7 Å². The third-order valence-corrected chi connectivity index (χ3v) is 8.18. The Morgan fingerprint density at radius 2 is 1.79 bits per heavy atom. The first kappa shape index (κ1) is 27.8. The number of carbonyl (C=O) groups excluding carboxylic acids is 2. The Morgan fingerprint density at radius 3 is 2.54 bits per heavy atom. The summed E-state index contributed by atoms with van der Waals surface area (Å²) in [4.78, 5) is 30.6. The lowest BCUT2D eigenvalue weighted by atomic mass is 9.92. The van der Waals surface area contributed by atoms with E-state index >= 15 is 0 Å². The molecule has 1 aromatic carbocycles. The normalized spacial score (nSPS) is 23.0. The van der Waals surface area contributed by atoms with Crippen molar-refractivity contribution < 1.29 is 28.9 Å². The van der Waals surface area contributed by atoms with E-state index in [1.165, 1.54) is 32.4 Å². The number of carbonyl (C=O) groups is 2. The quantitative estimate of drug-likeness (QED) is 0.488. The molecule has 2 fully saturated rings. The Bertz CT molecular complexity index is 1160. The number of likely N-dealkylation sites (tertiary alicyclic amines) is 2. The Labute approximate surface area is 230 Å². The molecule has 0 unspecified atom stereocenters. The molecule has 1 amide bonds. The number of ether oxygens (including phenoxy) is 3. The van der Waals surface area contributed by atoms with Gasteiger partial charge < -0.3 is 29.1 Å². The van der Waals surface area contributed by atoms with Crippen molar-refractivity contribution in [2.75, 3.05) is 52.6 Å². The maximum atomic E-state index is 13.7. The molecule has 5 rings (SSSR count). The maximum Gasteiger partial charge on any atom is 0.288 e. The molecule has 3 aliphatic heterocycles. The number of aliphatic hydroxyl groups excluding tert-OH is 1. The van der Waals surface area contributed by atoms with Gasteiger partial charge >= 0.3 is 0 Å². The van der Waals surface area contributed by atoms with Crippen LogP contribution < -0.4 is 0 Å². The molecule has 1 N–H and O–H groups in total. The number of aromatic nitrogens is 1. The number of hydrogen-bond acceptors (Lipinski definition) is 7. The van der Waals surface area contributed by atoms with Gasteiger partial charge in [0.1, 0.15) is 0 Å². The van der Waals surface area contributed by atoms with Crippen LogP contribution in [-0.2, 0) is 19.0 Å². The Kier molecular flexibility index (Phi) is 9.34. The van der Waals surface area contributed by atoms with Gasteiger partial charge in [0, 0.05) is 50.0 Å². The summed E-state index contributed by atoms with van der Waals surface area (Å²) in [5.41, 5.74) is 1.82. The number of rotatable bonds is 9. The Morgan fingerprint density at radius 1 is 1.03 bits per heavy atom. The first-order chi connectivity index (χ1) is 19.0. The summed E-state index contributed by atoms with van der Waals surface area (Å²) < 4.78 is 19.1. The van der Waals surface area contributed by atoms with Gasteiger partial charge in [-0.2, -0.15) is 0 Å². The molecular weight excluding hydrogens is 498 g/mol. The summed E-state index contributed by atoms with van der Waals surface area (Å²) in [7, 11) is 0. The van der Waals surface area contributed by atoms with E-state index in [1.807, 2.05) is 41.4 Å². The molecule has 2 atom stereocenters. The van der Waals surface area contributed by atoms with Gasteiger partial charge in [-0.3, -0.25) is 14.2 Å². The van der Waals surface area contributed by atoms with Gasteiger partial charge in [0.05, 0.1) is 31.9 Å². The predicted octanol–water partition coefficient (Wildman–Crippen LogP) is 3.52. The van der Waals surface area contributed by atoms with E-state index in [9.17, 15) is 9.59 Å². The van der Waals surface area contributed by atoms with E-state index in [1.54, 1.807) is 11.5 Å². The van der Waals surface area contributed by atoms with E-state index in [4.69, 9.17) is 19.3 Å². The zero-order chi connectivity index (χ0) is 27.2. The maximum absolute atomic E-state index is 13.7. The summed E-state index contributed by atoms with van der Waals surface area (Å²) in [5.74, 6) is -0.00603. The number of nitrogens with zero attached hydrogens (tertiary/aromatic N) is 3. The number of benzene rings is 1. The van der Waals surface area contributed by atoms with Crippen molar-refractivity contribution in [2.24, 2.45) is 0 Å². The van der Waals surface area contributed by atoms with Crippen molar-refractivity contribution in [1.29, 1.82) is 0 Å². The number of fused-ring (bicyclic) bond motifs is 1. The third-order valence-electron chi connectivity index (χ3n) is 8.18. The highest BCUT2D eigenvalue weighted by Crippen LogP contribution is 2.37. The second-order valence-corrected chi connectivity index (χ2v) is 10.7. The van der Waals surface area contributed by atoms with Crippen molar-refractivity contribution in [3.8, 4) is 0 Å². The molecule has 4 heterocycles. The predicted molar refractivity (Wildman–Crippen MR) is 147 cm³/mol. The minimum absolute atomic E-state index is 0.0436. The van der Waals surface area contributed by atoms with Crippen LogP contribution in [0.25, 0.3) is 10.9 Å². The van der Waals surface area contributed by atoms with Crippen molar-refractivity contribution >= 4 is 22.7 Å². The molecule has 0 aliphatic carbocycles. The number of para-hydroxylation sites is 1. The molecule has 212 valence electrons. The monoisotopic (exact) mass is 539 g/mol. The fourth-order valence-corrected chi connectivity index (χ4v) is 6.17. The lowest BCUT2D eigenvalue weighted by Crippen LogP contribution is -2.49. The molecule has 9 nitrogen and oxygen atoms in total. The van der Waals surface area contributed by atoms with Gasteiger partial charge in [0.25, 0.3) is 5.91 Å². The van der Waals surface area contributed by atoms with Crippen molar-refractivity contribution in [3.63, 3.8) is 0 Å². The molecule has 0 spiro atoms. The molecule has 2 aromatic rings. The number of piperidine rings is 2. The van der Waals surface area contributed by atoms with Gasteiger partial charge in [-0.05, 0) is 56.5 Å². The summed E-state index contributed by atoms with van der Waals surface area (Å²) in [6.45, 7) is 6.15. The molecular formula is C30H41N3O6. The van der Waals surface area contributed by atoms with Crippen LogP contribution in [0.2, 0.25) is 0 Å². The summed E-state index contributed by atoms with van der Waals surface area (Å²) in [5, 5.41) is 9.93. The third kappa shape index (κ3) is 6.54. The van der Waals surface area contributed by atoms with E-state index in [0.717, 1.165) is 42.4 Å². The van der Waals surface area contributed by atoms with Crippen LogP contribution in [-0.4, -0.2) is 96.2 Å². The highest BCUT2D eigenvalue weighted by Gasteiger charge is 2.34. The van der Waals surface area contributed by atoms with Crippen LogP contribution in [0.1, 0.15) is 61.7 Å². The molecule has 0 saturated carbocycles. The highest BCUT2D eigenvalue weighted by molar-refractivity contribution is 5.95. The Hall–Kier alpha value is -2.72. The zero-order valence-electron chi connectivity index (χ0n) is 22.9. The molecule has 0 bridgehead atoms. The average molecular weight is 540 g/mol. The number of hydrogen-bond donors (Lipinski definition) is 1. The van der Waals surface area contributed by atoms with Crippen LogP contribution in [0.5, 0.6) is 0 Å². The molecule has 1 aromatic heterocycles. The fraction of sp³-hybridized carbons (Fsp3) is 0.600. The standard InChI is InChI=1S/C30H41N3O6/c1-22(35)33-21-26(25-7-3-4-8-27(25)33)23-19-28(39-29(20-23)38-18-17-37-16-15-34)30(36)32-13-9-24(10-14-32)31-11-5-2-6-12-31/h3-4,7-8,19,21,23-24,29,34H,2,5-6,9-18,20H2,1H3/t23-,29+/m0/s1. The summed E-state index contributed by atoms with van der Waals surface area (Å²) in [6.07, 6.45) is 9.51. The first-order valence-corrected chi connectivity index (χ1v) is 14.4. The summed E-state index contributed by atoms with van der Waals surface area (Å²) in [6, 6.07) is 8.39. The molecule has 9 heteroatoms. The van der Waals surface area contributed by atoms with Gasteiger partial charge in [0.15, 0.2) is 5.76 Å². The van der Waals surface area contributed by atoms with E-state index in [-0.39, 0.29) is 37.6 Å². The minimum Gasteiger partial charge on any atom is -0.459 e. The number of allylic oxidation sites excluding steroid dienone is 1. The van der Waals surface area contributed by atoms with Gasteiger partial charge in [-0.25, -0.2) is 0 Å². The van der Waals surface area contributed by atoms with Gasteiger partial charge in [-0.15, -0.1) is 0 Å². The van der Waals surface area contributed by atoms with Crippen LogP contribution >= 0.6 is 0 Å². The van der Waals surface area contributed by atoms with Crippen molar-refractivity contribution in [1.82, 2.24) is 14.4 Å². The largest absolute Gasteiger partial charge is 0.459 e. The van der Waals surface area contributed by atoms with Crippen LogP contribution in [0.15, 0.2) is 42.3 Å². The van der Waals surface area contributed by atoms with Crippen LogP contribution in [0.4, 0.5) is 0 Å². The van der Waals surface area contributed by atoms with Gasteiger partial charge in [-0.1, -0.05) is 24.6 Å². The average Bonchev–Trinajstić information content (AvgIpc) is 3.37. The number of aliphatic hydroxyl groups is 1. The smallest absolute Gasteiger partial charge is 0.288 e. The Balaban J connectivity index is 1.34. The summed E-state index contributed by atoms with van der Waals surface area (Å²) >= 11 is 0.